The van der Waals surface area contributed by atoms with Crippen molar-refractivity contribution in [3.05, 3.63) is 66.0 Å². The zero-order valence-electron chi connectivity index (χ0n) is 13.2. The molecule has 1 nitrogen and oxygen atoms in total. The van der Waals surface area contributed by atoms with Gasteiger partial charge in [-0.2, -0.15) is 0 Å². The Kier molecular flexibility index (Phi) is 7.41. The molecule has 0 unspecified atom stereocenters. The number of likely N-dealkylation sites (tertiary alicyclic amines) is 1. The van der Waals surface area contributed by atoms with Crippen LogP contribution in [0.4, 0.5) is 4.39 Å². The summed E-state index contributed by atoms with van der Waals surface area (Å²) in [7, 11) is 0. The molecule has 0 atom stereocenters. The summed E-state index contributed by atoms with van der Waals surface area (Å²) in [6.07, 6.45) is 3.52. The number of nitrogens with zero attached hydrogens (tertiary/aromatic N) is 1. The van der Waals surface area contributed by atoms with Crippen molar-refractivity contribution >= 4 is 24.2 Å². The number of hydrogen-bond acceptors (Lipinski definition) is 2. The third-order valence-corrected chi connectivity index (χ3v) is 5.56. The lowest BCUT2D eigenvalue weighted by molar-refractivity contribution is 0.235. The zero-order valence-corrected chi connectivity index (χ0v) is 14.8. The molecule has 1 aliphatic heterocycles. The van der Waals surface area contributed by atoms with Gasteiger partial charge >= 0.3 is 0 Å². The Hall–Kier alpha value is -1.03. The van der Waals surface area contributed by atoms with Crippen molar-refractivity contribution in [2.75, 3.05) is 19.6 Å². The van der Waals surface area contributed by atoms with Gasteiger partial charge in [0.25, 0.3) is 0 Å². The van der Waals surface area contributed by atoms with Crippen molar-refractivity contribution in [2.24, 2.45) is 0 Å². The minimum atomic E-state index is -0.150. The molecule has 0 amide bonds. The first-order valence-electron chi connectivity index (χ1n) is 7.98. The summed E-state index contributed by atoms with van der Waals surface area (Å²) in [5.74, 6) is -0.150. The van der Waals surface area contributed by atoms with Crippen LogP contribution < -0.4 is 0 Å². The molecule has 1 saturated heterocycles. The lowest BCUT2D eigenvalue weighted by Gasteiger charge is -2.31. The highest BCUT2D eigenvalue weighted by atomic mass is 35.5. The summed E-state index contributed by atoms with van der Waals surface area (Å²) in [5, 5.41) is 0.740. The third kappa shape index (κ3) is 5.83. The number of rotatable bonds is 5. The Morgan fingerprint density at radius 1 is 0.957 bits per heavy atom. The van der Waals surface area contributed by atoms with Crippen LogP contribution in [0.5, 0.6) is 0 Å². The van der Waals surface area contributed by atoms with Gasteiger partial charge in [0.05, 0.1) is 0 Å². The predicted molar refractivity (Wildman–Crippen MR) is 99.1 cm³/mol. The van der Waals surface area contributed by atoms with Gasteiger partial charge in [-0.3, -0.25) is 0 Å². The minimum Gasteiger partial charge on any atom is -0.303 e. The van der Waals surface area contributed by atoms with E-state index in [4.69, 9.17) is 0 Å². The van der Waals surface area contributed by atoms with Crippen LogP contribution in [0.3, 0.4) is 0 Å². The summed E-state index contributed by atoms with van der Waals surface area (Å²) < 4.78 is 12.9. The summed E-state index contributed by atoms with van der Waals surface area (Å²) in [4.78, 5) is 3.91. The van der Waals surface area contributed by atoms with Gasteiger partial charge in [-0.05, 0) is 62.2 Å². The molecule has 0 bridgehead atoms. The Labute approximate surface area is 148 Å². The average Bonchev–Trinajstić information content (AvgIpc) is 2.57. The first-order valence-corrected chi connectivity index (χ1v) is 8.86. The fourth-order valence-corrected chi connectivity index (χ4v) is 4.03. The average molecular weight is 352 g/mol. The fourth-order valence-electron chi connectivity index (χ4n) is 2.88. The van der Waals surface area contributed by atoms with E-state index in [0.29, 0.717) is 0 Å². The Morgan fingerprint density at radius 2 is 1.61 bits per heavy atom. The summed E-state index contributed by atoms with van der Waals surface area (Å²) in [6.45, 7) is 3.42. The quantitative estimate of drug-likeness (QED) is 0.741. The van der Waals surface area contributed by atoms with Crippen LogP contribution in [-0.4, -0.2) is 29.8 Å². The van der Waals surface area contributed by atoms with Crippen LogP contribution in [0.2, 0.25) is 0 Å². The van der Waals surface area contributed by atoms with E-state index in [2.05, 4.69) is 35.2 Å². The van der Waals surface area contributed by atoms with Gasteiger partial charge in [0.2, 0.25) is 0 Å². The summed E-state index contributed by atoms with van der Waals surface area (Å²) in [6, 6.07) is 17.6. The van der Waals surface area contributed by atoms with Crippen molar-refractivity contribution < 1.29 is 4.39 Å². The number of thioether (sulfide) groups is 1. The zero-order chi connectivity index (χ0) is 15.2. The minimum absolute atomic E-state index is 0. The van der Waals surface area contributed by atoms with Gasteiger partial charge in [0, 0.05) is 16.7 Å². The normalized spacial score (nSPS) is 16.0. The molecular formula is C19H23ClFNS. The van der Waals surface area contributed by atoms with E-state index in [1.54, 1.807) is 12.1 Å². The highest BCUT2D eigenvalue weighted by Crippen LogP contribution is 2.30. The molecule has 4 heteroatoms. The molecule has 0 N–H and O–H groups in total. The van der Waals surface area contributed by atoms with Crippen LogP contribution in [-0.2, 0) is 6.42 Å². The molecule has 1 fully saturated rings. The molecule has 0 aliphatic carbocycles. The lowest BCUT2D eigenvalue weighted by Crippen LogP contribution is -2.36. The molecular weight excluding hydrogens is 329 g/mol. The molecule has 124 valence electrons. The first kappa shape index (κ1) is 18.3. The maximum atomic E-state index is 12.9. The second-order valence-corrected chi connectivity index (χ2v) is 7.22. The van der Waals surface area contributed by atoms with Crippen molar-refractivity contribution in [2.45, 2.75) is 29.4 Å². The Bertz CT molecular complexity index is 568. The highest BCUT2D eigenvalue weighted by Gasteiger charge is 2.19. The number of piperidine rings is 1. The lowest BCUT2D eigenvalue weighted by atomic mass is 10.1. The van der Waals surface area contributed by atoms with Gasteiger partial charge in [-0.15, -0.1) is 24.2 Å². The Balaban J connectivity index is 0.00000192. The van der Waals surface area contributed by atoms with Crippen molar-refractivity contribution in [3.63, 3.8) is 0 Å². The maximum Gasteiger partial charge on any atom is 0.123 e. The first-order chi connectivity index (χ1) is 10.8. The van der Waals surface area contributed by atoms with Gasteiger partial charge < -0.3 is 4.90 Å². The van der Waals surface area contributed by atoms with Crippen molar-refractivity contribution in [1.82, 2.24) is 4.90 Å². The fraction of sp³-hybridized carbons (Fsp3) is 0.368. The Morgan fingerprint density at radius 3 is 2.26 bits per heavy atom. The largest absolute Gasteiger partial charge is 0.303 e. The van der Waals surface area contributed by atoms with Crippen LogP contribution >= 0.6 is 24.2 Å². The molecule has 3 rings (SSSR count). The number of benzene rings is 2. The second kappa shape index (κ2) is 9.31. The van der Waals surface area contributed by atoms with E-state index >= 15 is 0 Å². The van der Waals surface area contributed by atoms with Gasteiger partial charge in [0.1, 0.15) is 5.82 Å². The second-order valence-electron chi connectivity index (χ2n) is 5.85. The number of halogens is 2. The van der Waals surface area contributed by atoms with Gasteiger partial charge in [0.15, 0.2) is 0 Å². The van der Waals surface area contributed by atoms with Gasteiger partial charge in [-0.25, -0.2) is 4.39 Å². The van der Waals surface area contributed by atoms with E-state index in [1.165, 1.54) is 36.4 Å². The van der Waals surface area contributed by atoms with E-state index < -0.39 is 0 Å². The molecule has 0 aromatic heterocycles. The topological polar surface area (TPSA) is 3.24 Å². The van der Waals surface area contributed by atoms with E-state index in [9.17, 15) is 4.39 Å². The van der Waals surface area contributed by atoms with Crippen molar-refractivity contribution in [1.29, 1.82) is 0 Å². The molecule has 1 aliphatic rings. The molecule has 0 spiro atoms. The van der Waals surface area contributed by atoms with Crippen molar-refractivity contribution in [3.8, 4) is 0 Å². The summed E-state index contributed by atoms with van der Waals surface area (Å²) >= 11 is 2.01. The van der Waals surface area contributed by atoms with Crippen LogP contribution in [0, 0.1) is 5.82 Å². The van der Waals surface area contributed by atoms with Crippen LogP contribution in [0.25, 0.3) is 0 Å². The maximum absolute atomic E-state index is 12.9. The van der Waals surface area contributed by atoms with E-state index in [0.717, 1.165) is 18.2 Å². The molecule has 23 heavy (non-hydrogen) atoms. The van der Waals surface area contributed by atoms with E-state index in [1.807, 2.05) is 23.9 Å². The smallest absolute Gasteiger partial charge is 0.123 e. The van der Waals surface area contributed by atoms with Crippen LogP contribution in [0.1, 0.15) is 18.4 Å². The molecule has 2 aromatic carbocycles. The van der Waals surface area contributed by atoms with Gasteiger partial charge in [-0.1, -0.05) is 30.3 Å². The highest BCUT2D eigenvalue weighted by molar-refractivity contribution is 8.00. The third-order valence-electron chi connectivity index (χ3n) is 4.21. The standard InChI is InChI=1S/C19H22FNS.ClH/c20-17-8-6-16(7-9-17)10-13-21-14-11-19(12-15-21)22-18-4-2-1-3-5-18;/h1-9,19H,10-15H2;1H. The van der Waals surface area contributed by atoms with Crippen LogP contribution in [0.15, 0.2) is 59.5 Å². The summed E-state index contributed by atoms with van der Waals surface area (Å²) in [5.41, 5.74) is 1.22. The molecule has 0 radical (unpaired) electrons. The SMILES string of the molecule is Cl.Fc1ccc(CCN2CCC(Sc3ccccc3)CC2)cc1. The van der Waals surface area contributed by atoms with E-state index in [-0.39, 0.29) is 18.2 Å². The molecule has 1 heterocycles. The molecule has 2 aromatic rings. The predicted octanol–water partition coefficient (Wildman–Crippen LogP) is 5.05. The molecule has 0 saturated carbocycles. The monoisotopic (exact) mass is 351 g/mol. The number of hydrogen-bond donors (Lipinski definition) is 0.